The number of furan rings is 1. The molecule has 0 radical (unpaired) electrons. The first-order valence-electron chi connectivity index (χ1n) is 5.48. The van der Waals surface area contributed by atoms with E-state index in [-0.39, 0.29) is 5.78 Å². The molecule has 0 spiro atoms. The van der Waals surface area contributed by atoms with E-state index in [0.29, 0.717) is 23.4 Å². The zero-order chi connectivity index (χ0) is 12.3. The Morgan fingerprint density at radius 3 is 2.82 bits per heavy atom. The number of Topliss-reactive ketones (excluding diaryl/α,β-unsaturated/α-hetero) is 1. The molecule has 1 heterocycles. The minimum absolute atomic E-state index is 0.0864. The summed E-state index contributed by atoms with van der Waals surface area (Å²) < 4.78 is 5.18. The van der Waals surface area contributed by atoms with Gasteiger partial charge in [0.2, 0.25) is 0 Å². The Hall–Kier alpha value is -1.54. The van der Waals surface area contributed by atoms with Crippen molar-refractivity contribution >= 4 is 17.4 Å². The summed E-state index contributed by atoms with van der Waals surface area (Å²) in [5.41, 5.74) is 1.64. The summed E-state index contributed by atoms with van der Waals surface area (Å²) in [5.74, 6) is 0.917. The minimum Gasteiger partial charge on any atom is -0.469 e. The van der Waals surface area contributed by atoms with E-state index in [2.05, 4.69) is 0 Å². The van der Waals surface area contributed by atoms with E-state index in [9.17, 15) is 4.79 Å². The number of rotatable bonds is 4. The molecular formula is C14H13ClO2. The molecule has 2 nitrogen and oxygen atoms in total. The fraction of sp³-hybridized carbons (Fsp3) is 0.214. The lowest BCUT2D eigenvalue weighted by atomic mass is 10.0. The van der Waals surface area contributed by atoms with E-state index in [1.54, 1.807) is 12.3 Å². The van der Waals surface area contributed by atoms with E-state index in [4.69, 9.17) is 16.0 Å². The summed E-state index contributed by atoms with van der Waals surface area (Å²) in [6, 6.07) is 9.09. The van der Waals surface area contributed by atoms with Gasteiger partial charge in [0, 0.05) is 23.4 Å². The second kappa shape index (κ2) is 5.19. The largest absolute Gasteiger partial charge is 0.469 e. The first-order valence-corrected chi connectivity index (χ1v) is 5.86. The second-order valence-electron chi connectivity index (χ2n) is 3.97. The Morgan fingerprint density at radius 1 is 1.35 bits per heavy atom. The van der Waals surface area contributed by atoms with E-state index in [1.807, 2.05) is 31.2 Å². The van der Waals surface area contributed by atoms with E-state index >= 15 is 0 Å². The molecule has 0 bridgehead atoms. The van der Waals surface area contributed by atoms with Crippen molar-refractivity contribution in [1.29, 1.82) is 0 Å². The Kier molecular flexibility index (Phi) is 3.64. The summed E-state index contributed by atoms with van der Waals surface area (Å²) in [4.78, 5) is 11.9. The molecule has 0 unspecified atom stereocenters. The maximum absolute atomic E-state index is 11.9. The van der Waals surface area contributed by atoms with Gasteiger partial charge in [-0.1, -0.05) is 23.7 Å². The molecular weight excluding hydrogens is 236 g/mol. The molecule has 0 atom stereocenters. The molecule has 17 heavy (non-hydrogen) atoms. The number of ketones is 1. The average Bonchev–Trinajstić information content (AvgIpc) is 2.82. The van der Waals surface area contributed by atoms with Gasteiger partial charge in [-0.15, -0.1) is 0 Å². The van der Waals surface area contributed by atoms with E-state index < -0.39 is 0 Å². The lowest BCUT2D eigenvalue weighted by Crippen LogP contribution is -2.01. The molecule has 0 N–H and O–H groups in total. The Labute approximate surface area is 105 Å². The number of benzene rings is 1. The summed E-state index contributed by atoms with van der Waals surface area (Å²) in [7, 11) is 0. The smallest absolute Gasteiger partial charge is 0.163 e. The highest BCUT2D eigenvalue weighted by Gasteiger charge is 2.08. The van der Waals surface area contributed by atoms with Gasteiger partial charge < -0.3 is 4.42 Å². The van der Waals surface area contributed by atoms with Crippen LogP contribution < -0.4 is 0 Å². The molecule has 0 aliphatic rings. The average molecular weight is 249 g/mol. The third-order valence-corrected chi connectivity index (χ3v) is 3.08. The third kappa shape index (κ3) is 2.98. The van der Waals surface area contributed by atoms with Gasteiger partial charge in [0.15, 0.2) is 5.78 Å². The predicted octanol–water partition coefficient (Wildman–Crippen LogP) is 4.06. The highest BCUT2D eigenvalue weighted by Crippen LogP contribution is 2.18. The fourth-order valence-electron chi connectivity index (χ4n) is 1.60. The molecule has 2 rings (SSSR count). The van der Waals surface area contributed by atoms with Gasteiger partial charge in [-0.2, -0.15) is 0 Å². The van der Waals surface area contributed by atoms with Crippen LogP contribution in [0.4, 0.5) is 0 Å². The van der Waals surface area contributed by atoms with Crippen molar-refractivity contribution in [1.82, 2.24) is 0 Å². The summed E-state index contributed by atoms with van der Waals surface area (Å²) in [5, 5.41) is 0.633. The first-order chi connectivity index (χ1) is 8.16. The number of halogens is 1. The van der Waals surface area contributed by atoms with Crippen LogP contribution in [0, 0.1) is 6.92 Å². The molecule has 88 valence electrons. The topological polar surface area (TPSA) is 30.2 Å². The van der Waals surface area contributed by atoms with E-state index in [1.165, 1.54) is 0 Å². The SMILES string of the molecule is Cc1ccc(C(=O)CCc2ccco2)cc1Cl. The van der Waals surface area contributed by atoms with Gasteiger partial charge in [0.25, 0.3) is 0 Å². The van der Waals surface area contributed by atoms with Gasteiger partial charge in [-0.3, -0.25) is 4.79 Å². The number of aryl methyl sites for hydroxylation is 2. The second-order valence-corrected chi connectivity index (χ2v) is 4.37. The monoisotopic (exact) mass is 248 g/mol. The molecule has 0 aliphatic carbocycles. The minimum atomic E-state index is 0.0864. The highest BCUT2D eigenvalue weighted by molar-refractivity contribution is 6.31. The quantitative estimate of drug-likeness (QED) is 0.764. The lowest BCUT2D eigenvalue weighted by Gasteiger charge is -2.02. The maximum atomic E-state index is 11.9. The molecule has 0 saturated carbocycles. The van der Waals surface area contributed by atoms with Gasteiger partial charge in [0.05, 0.1) is 6.26 Å². The van der Waals surface area contributed by atoms with Crippen LogP contribution in [-0.4, -0.2) is 5.78 Å². The Morgan fingerprint density at radius 2 is 2.18 bits per heavy atom. The molecule has 0 fully saturated rings. The maximum Gasteiger partial charge on any atom is 0.163 e. The number of hydrogen-bond donors (Lipinski definition) is 0. The molecule has 3 heteroatoms. The molecule has 0 saturated heterocycles. The normalized spacial score (nSPS) is 10.5. The van der Waals surface area contributed by atoms with Gasteiger partial charge in [-0.25, -0.2) is 0 Å². The van der Waals surface area contributed by atoms with Crippen LogP contribution in [0.5, 0.6) is 0 Å². The van der Waals surface area contributed by atoms with Crippen molar-refractivity contribution in [3.63, 3.8) is 0 Å². The van der Waals surface area contributed by atoms with Crippen molar-refractivity contribution in [2.45, 2.75) is 19.8 Å². The lowest BCUT2D eigenvalue weighted by molar-refractivity contribution is 0.0981. The van der Waals surface area contributed by atoms with Crippen LogP contribution in [0.25, 0.3) is 0 Å². The number of carbonyl (C=O) groups excluding carboxylic acids is 1. The van der Waals surface area contributed by atoms with Gasteiger partial charge >= 0.3 is 0 Å². The highest BCUT2D eigenvalue weighted by atomic mass is 35.5. The predicted molar refractivity (Wildman–Crippen MR) is 67.5 cm³/mol. The zero-order valence-corrected chi connectivity index (χ0v) is 10.3. The Balaban J connectivity index is 2.02. The zero-order valence-electron chi connectivity index (χ0n) is 9.57. The van der Waals surface area contributed by atoms with E-state index in [0.717, 1.165) is 11.3 Å². The van der Waals surface area contributed by atoms with Gasteiger partial charge in [0.1, 0.15) is 5.76 Å². The number of hydrogen-bond acceptors (Lipinski definition) is 2. The first kappa shape index (κ1) is 11.9. The van der Waals surface area contributed by atoms with Crippen LogP contribution >= 0.6 is 11.6 Å². The molecule has 1 aromatic carbocycles. The van der Waals surface area contributed by atoms with Crippen LogP contribution in [-0.2, 0) is 6.42 Å². The van der Waals surface area contributed by atoms with Crippen LogP contribution in [0.1, 0.15) is 28.1 Å². The van der Waals surface area contributed by atoms with Crippen LogP contribution in [0.15, 0.2) is 41.0 Å². The summed E-state index contributed by atoms with van der Waals surface area (Å²) >= 11 is 5.99. The fourth-order valence-corrected chi connectivity index (χ4v) is 1.78. The Bertz CT molecular complexity index is 515. The molecule has 2 aromatic rings. The molecule has 0 amide bonds. The third-order valence-electron chi connectivity index (χ3n) is 2.67. The standard InChI is InChI=1S/C14H13ClO2/c1-10-4-5-11(9-13(10)15)14(16)7-6-12-3-2-8-17-12/h2-5,8-9H,6-7H2,1H3. The molecule has 0 aliphatic heterocycles. The van der Waals surface area contributed by atoms with Crippen molar-refractivity contribution in [3.8, 4) is 0 Å². The summed E-state index contributed by atoms with van der Waals surface area (Å²) in [6.45, 7) is 1.92. The van der Waals surface area contributed by atoms with Crippen molar-refractivity contribution in [3.05, 3.63) is 58.5 Å². The molecule has 1 aromatic heterocycles. The van der Waals surface area contributed by atoms with Crippen LogP contribution in [0.3, 0.4) is 0 Å². The van der Waals surface area contributed by atoms with Crippen molar-refractivity contribution in [2.75, 3.05) is 0 Å². The van der Waals surface area contributed by atoms with Crippen molar-refractivity contribution in [2.24, 2.45) is 0 Å². The van der Waals surface area contributed by atoms with Crippen LogP contribution in [0.2, 0.25) is 5.02 Å². The van der Waals surface area contributed by atoms with Crippen molar-refractivity contribution < 1.29 is 9.21 Å². The number of carbonyl (C=O) groups is 1. The van der Waals surface area contributed by atoms with Gasteiger partial charge in [-0.05, 0) is 30.7 Å². The summed E-state index contributed by atoms with van der Waals surface area (Å²) in [6.07, 6.45) is 2.67.